The maximum absolute atomic E-state index is 6.63. The third kappa shape index (κ3) is 3.50. The van der Waals surface area contributed by atoms with Gasteiger partial charge in [0.2, 0.25) is 0 Å². The van der Waals surface area contributed by atoms with Crippen molar-refractivity contribution in [1.29, 1.82) is 0 Å². The Bertz CT molecular complexity index is 419. The molecule has 1 aliphatic carbocycles. The van der Waals surface area contributed by atoms with E-state index in [9.17, 15) is 0 Å². The fourth-order valence-corrected chi connectivity index (χ4v) is 3.26. The van der Waals surface area contributed by atoms with Gasteiger partial charge >= 0.3 is 0 Å². The number of hydrogen-bond donors (Lipinski definition) is 1. The lowest BCUT2D eigenvalue weighted by Crippen LogP contribution is -2.45. The van der Waals surface area contributed by atoms with Crippen LogP contribution in [0.1, 0.15) is 50.2 Å². The third-order valence-corrected chi connectivity index (χ3v) is 4.66. The molecule has 0 spiro atoms. The van der Waals surface area contributed by atoms with E-state index in [0.717, 1.165) is 30.9 Å². The molecule has 0 radical (unpaired) electrons. The van der Waals surface area contributed by atoms with Gasteiger partial charge in [0.15, 0.2) is 0 Å². The van der Waals surface area contributed by atoms with Gasteiger partial charge < -0.3 is 10.5 Å². The first-order chi connectivity index (χ1) is 9.06. The van der Waals surface area contributed by atoms with Crippen molar-refractivity contribution >= 4 is 0 Å². The van der Waals surface area contributed by atoms with Gasteiger partial charge in [-0.25, -0.2) is 0 Å². The zero-order chi connectivity index (χ0) is 13.9. The molecule has 106 valence electrons. The molecule has 0 aliphatic heterocycles. The molecule has 1 aliphatic rings. The zero-order valence-electron chi connectivity index (χ0n) is 12.5. The minimum atomic E-state index is -0.0350. The maximum Gasteiger partial charge on any atom is 0.122 e. The van der Waals surface area contributed by atoms with Gasteiger partial charge in [-0.05, 0) is 56.6 Å². The Hall–Kier alpha value is -1.02. The number of rotatable bonds is 4. The molecule has 2 rings (SSSR count). The highest BCUT2D eigenvalue weighted by Crippen LogP contribution is 2.36. The van der Waals surface area contributed by atoms with Crippen LogP contribution in [0.3, 0.4) is 0 Å². The maximum atomic E-state index is 6.63. The lowest BCUT2D eigenvalue weighted by Gasteiger charge is -2.37. The minimum Gasteiger partial charge on any atom is -0.496 e. The molecule has 1 fully saturated rings. The molecule has 0 saturated heterocycles. The van der Waals surface area contributed by atoms with Crippen LogP contribution >= 0.6 is 0 Å². The molecule has 1 aromatic rings. The summed E-state index contributed by atoms with van der Waals surface area (Å²) in [5.74, 6) is 1.86. The van der Waals surface area contributed by atoms with E-state index in [2.05, 4.69) is 32.0 Å². The van der Waals surface area contributed by atoms with E-state index < -0.39 is 0 Å². The van der Waals surface area contributed by atoms with E-state index >= 15 is 0 Å². The highest BCUT2D eigenvalue weighted by atomic mass is 16.5. The van der Waals surface area contributed by atoms with Crippen LogP contribution in [0.25, 0.3) is 0 Å². The van der Waals surface area contributed by atoms with Gasteiger partial charge in [-0.1, -0.05) is 31.0 Å². The molecule has 0 heterocycles. The molecule has 0 unspecified atom stereocenters. The molecule has 19 heavy (non-hydrogen) atoms. The van der Waals surface area contributed by atoms with Crippen LogP contribution in [-0.2, 0) is 6.42 Å². The summed E-state index contributed by atoms with van der Waals surface area (Å²) in [6.07, 6.45) is 7.08. The van der Waals surface area contributed by atoms with Crippen molar-refractivity contribution in [2.75, 3.05) is 7.11 Å². The van der Waals surface area contributed by atoms with Crippen molar-refractivity contribution in [2.24, 2.45) is 11.7 Å². The van der Waals surface area contributed by atoms with Crippen molar-refractivity contribution in [3.05, 3.63) is 29.3 Å². The van der Waals surface area contributed by atoms with E-state index in [0.29, 0.717) is 0 Å². The lowest BCUT2D eigenvalue weighted by molar-refractivity contribution is 0.227. The SMILES string of the molecule is CCC1CCC(N)(Cc2cc(C)ccc2OC)CC1. The second kappa shape index (κ2) is 5.96. The second-order valence-electron chi connectivity index (χ2n) is 6.21. The van der Waals surface area contributed by atoms with Gasteiger partial charge in [-0.2, -0.15) is 0 Å². The number of benzene rings is 1. The molecular weight excluding hydrogens is 234 g/mol. The second-order valence-corrected chi connectivity index (χ2v) is 6.21. The first kappa shape index (κ1) is 14.4. The summed E-state index contributed by atoms with van der Waals surface area (Å²) in [5.41, 5.74) is 9.13. The van der Waals surface area contributed by atoms with Crippen LogP contribution in [0.2, 0.25) is 0 Å². The van der Waals surface area contributed by atoms with Gasteiger partial charge in [0.05, 0.1) is 7.11 Å². The monoisotopic (exact) mass is 261 g/mol. The zero-order valence-corrected chi connectivity index (χ0v) is 12.5. The van der Waals surface area contributed by atoms with E-state index in [-0.39, 0.29) is 5.54 Å². The number of methoxy groups -OCH3 is 1. The number of ether oxygens (including phenoxy) is 1. The molecule has 0 atom stereocenters. The van der Waals surface area contributed by atoms with E-state index in [1.165, 1.54) is 30.4 Å². The average molecular weight is 261 g/mol. The summed E-state index contributed by atoms with van der Waals surface area (Å²) >= 11 is 0. The topological polar surface area (TPSA) is 35.2 Å². The highest BCUT2D eigenvalue weighted by molar-refractivity contribution is 5.38. The van der Waals surface area contributed by atoms with Crippen LogP contribution in [0.15, 0.2) is 18.2 Å². The first-order valence-corrected chi connectivity index (χ1v) is 7.49. The molecule has 0 amide bonds. The average Bonchev–Trinajstić information content (AvgIpc) is 2.39. The van der Waals surface area contributed by atoms with Gasteiger partial charge in [0, 0.05) is 5.54 Å². The van der Waals surface area contributed by atoms with Gasteiger partial charge in [0.25, 0.3) is 0 Å². The Kier molecular flexibility index (Phi) is 4.51. The summed E-state index contributed by atoms with van der Waals surface area (Å²) in [7, 11) is 1.74. The molecule has 1 aromatic carbocycles. The fourth-order valence-electron chi connectivity index (χ4n) is 3.26. The summed E-state index contributed by atoms with van der Waals surface area (Å²) in [5, 5.41) is 0. The van der Waals surface area contributed by atoms with Gasteiger partial charge in [-0.3, -0.25) is 0 Å². The standard InChI is InChI=1S/C17H27NO/c1-4-14-7-9-17(18,10-8-14)12-15-11-13(2)5-6-16(15)19-3/h5-6,11,14H,4,7-10,12,18H2,1-3H3. The Morgan fingerprint density at radius 2 is 2.00 bits per heavy atom. The number of aryl methyl sites for hydroxylation is 1. The summed E-state index contributed by atoms with van der Waals surface area (Å²) in [6, 6.07) is 6.38. The molecule has 2 heteroatoms. The third-order valence-electron chi connectivity index (χ3n) is 4.66. The largest absolute Gasteiger partial charge is 0.496 e. The first-order valence-electron chi connectivity index (χ1n) is 7.49. The number of hydrogen-bond acceptors (Lipinski definition) is 2. The minimum absolute atomic E-state index is 0.0350. The van der Waals surface area contributed by atoms with Crippen LogP contribution in [-0.4, -0.2) is 12.6 Å². The van der Waals surface area contributed by atoms with Crippen LogP contribution in [0.5, 0.6) is 5.75 Å². The quantitative estimate of drug-likeness (QED) is 0.893. The molecule has 2 N–H and O–H groups in total. The Morgan fingerprint density at radius 3 is 2.58 bits per heavy atom. The van der Waals surface area contributed by atoms with Crippen LogP contribution in [0.4, 0.5) is 0 Å². The predicted molar refractivity (Wildman–Crippen MR) is 80.6 cm³/mol. The predicted octanol–water partition coefficient (Wildman–Crippen LogP) is 3.84. The van der Waals surface area contributed by atoms with Crippen LogP contribution in [0, 0.1) is 12.8 Å². The van der Waals surface area contributed by atoms with Crippen molar-refractivity contribution in [3.8, 4) is 5.75 Å². The summed E-state index contributed by atoms with van der Waals surface area (Å²) in [4.78, 5) is 0. The lowest BCUT2D eigenvalue weighted by atomic mass is 9.73. The Balaban J connectivity index is 2.10. The number of nitrogens with two attached hydrogens (primary N) is 1. The van der Waals surface area contributed by atoms with E-state index in [1.807, 2.05) is 0 Å². The fraction of sp³-hybridized carbons (Fsp3) is 0.647. The summed E-state index contributed by atoms with van der Waals surface area (Å²) in [6.45, 7) is 4.41. The van der Waals surface area contributed by atoms with E-state index in [1.54, 1.807) is 7.11 Å². The normalized spacial score (nSPS) is 27.3. The van der Waals surface area contributed by atoms with Crippen molar-refractivity contribution in [2.45, 2.75) is 57.9 Å². The molecule has 1 saturated carbocycles. The molecule has 0 aromatic heterocycles. The Labute approximate surface area is 117 Å². The van der Waals surface area contributed by atoms with E-state index in [4.69, 9.17) is 10.5 Å². The van der Waals surface area contributed by atoms with Gasteiger partial charge in [-0.15, -0.1) is 0 Å². The summed E-state index contributed by atoms with van der Waals surface area (Å²) < 4.78 is 5.47. The Morgan fingerprint density at radius 1 is 1.32 bits per heavy atom. The smallest absolute Gasteiger partial charge is 0.122 e. The van der Waals surface area contributed by atoms with Crippen molar-refractivity contribution < 1.29 is 4.74 Å². The molecule has 0 bridgehead atoms. The highest BCUT2D eigenvalue weighted by Gasteiger charge is 2.31. The van der Waals surface area contributed by atoms with Crippen molar-refractivity contribution in [1.82, 2.24) is 0 Å². The van der Waals surface area contributed by atoms with Crippen molar-refractivity contribution in [3.63, 3.8) is 0 Å². The molecular formula is C17H27NO. The van der Waals surface area contributed by atoms with Gasteiger partial charge in [0.1, 0.15) is 5.75 Å². The molecule has 2 nitrogen and oxygen atoms in total. The van der Waals surface area contributed by atoms with Crippen LogP contribution < -0.4 is 10.5 Å².